The molecule has 4 nitrogen and oxygen atoms in total. The highest BCUT2D eigenvalue weighted by Crippen LogP contribution is 2.37. The van der Waals surface area contributed by atoms with E-state index in [0.29, 0.717) is 17.6 Å². The second-order valence-electron chi connectivity index (χ2n) is 5.83. The minimum atomic E-state index is -0.404. The van der Waals surface area contributed by atoms with Gasteiger partial charge in [-0.3, -0.25) is 0 Å². The second-order valence-corrected chi connectivity index (χ2v) is 5.83. The van der Waals surface area contributed by atoms with E-state index in [9.17, 15) is 9.82 Å². The van der Waals surface area contributed by atoms with Crippen molar-refractivity contribution < 1.29 is 14.6 Å². The first kappa shape index (κ1) is 13.6. The number of fused-ring (bicyclic) bond motifs is 2. The summed E-state index contributed by atoms with van der Waals surface area (Å²) in [6.07, 6.45) is 3.83. The quantitative estimate of drug-likeness (QED) is 0.675. The molecule has 2 aliphatic heterocycles. The molecule has 5 heteroatoms. The van der Waals surface area contributed by atoms with Gasteiger partial charge in [0, 0.05) is 12.1 Å². The molecule has 20 heavy (non-hydrogen) atoms. The molecule has 2 heterocycles. The van der Waals surface area contributed by atoms with Crippen LogP contribution in [-0.4, -0.2) is 41.0 Å². The number of hydrogen-bond acceptors (Lipinski definition) is 4. The van der Waals surface area contributed by atoms with E-state index in [0.717, 1.165) is 25.7 Å². The molecule has 2 fully saturated rings. The number of rotatable bonds is 3. The summed E-state index contributed by atoms with van der Waals surface area (Å²) in [5, 5.41) is 9.82. The molecule has 0 radical (unpaired) electrons. The summed E-state index contributed by atoms with van der Waals surface area (Å²) < 4.78 is 5.64. The lowest BCUT2D eigenvalue weighted by molar-refractivity contribution is 0.00607. The monoisotopic (exact) mass is 273 g/mol. The van der Waals surface area contributed by atoms with Gasteiger partial charge in [0.1, 0.15) is 6.10 Å². The van der Waals surface area contributed by atoms with Crippen LogP contribution in [0, 0.1) is 0 Å². The van der Waals surface area contributed by atoms with Crippen LogP contribution in [0.2, 0.25) is 6.82 Å². The molecular weight excluding hydrogens is 253 g/mol. The Labute approximate surface area is 119 Å². The maximum atomic E-state index is 12.1. The lowest BCUT2D eigenvalue weighted by Crippen LogP contribution is -2.52. The van der Waals surface area contributed by atoms with Crippen molar-refractivity contribution in [1.29, 1.82) is 0 Å². The molecule has 2 bridgehead atoms. The second kappa shape index (κ2) is 5.58. The highest BCUT2D eigenvalue weighted by molar-refractivity contribution is 6.45. The Morgan fingerprint density at radius 1 is 1.25 bits per heavy atom. The predicted molar refractivity (Wildman–Crippen MR) is 77.4 cm³/mol. The average molecular weight is 273 g/mol. The van der Waals surface area contributed by atoms with Crippen molar-refractivity contribution in [1.82, 2.24) is 4.81 Å². The van der Waals surface area contributed by atoms with Gasteiger partial charge in [-0.15, -0.1) is 0 Å². The van der Waals surface area contributed by atoms with Gasteiger partial charge in [-0.05, 0) is 44.6 Å². The zero-order valence-electron chi connectivity index (χ0n) is 11.7. The van der Waals surface area contributed by atoms with Gasteiger partial charge in [-0.2, -0.15) is 0 Å². The molecule has 1 unspecified atom stereocenters. The summed E-state index contributed by atoms with van der Waals surface area (Å²) in [6.45, 7) is 1.82. The number of carbonyl (C=O) groups excluding carboxylic acids is 1. The third-order valence-electron chi connectivity index (χ3n) is 4.46. The molecular formula is C15H20BNO3. The number of nitrogens with zero attached hydrogens (tertiary/aromatic N) is 1. The molecule has 3 rings (SSSR count). The Morgan fingerprint density at radius 3 is 2.40 bits per heavy atom. The first-order chi connectivity index (χ1) is 9.65. The van der Waals surface area contributed by atoms with Crippen molar-refractivity contribution in [2.75, 3.05) is 0 Å². The topological polar surface area (TPSA) is 49.8 Å². The summed E-state index contributed by atoms with van der Waals surface area (Å²) in [4.78, 5) is 14.3. The number of piperidine rings is 1. The summed E-state index contributed by atoms with van der Waals surface area (Å²) >= 11 is 0. The first-order valence-electron chi connectivity index (χ1n) is 7.36. The number of hydrogen-bond donors (Lipinski definition) is 1. The Morgan fingerprint density at radius 2 is 1.85 bits per heavy atom. The summed E-state index contributed by atoms with van der Waals surface area (Å²) in [5.74, 6) is -0.236. The molecule has 2 aliphatic rings. The van der Waals surface area contributed by atoms with Crippen LogP contribution >= 0.6 is 0 Å². The normalized spacial score (nSPS) is 29.2. The molecule has 2 saturated heterocycles. The van der Waals surface area contributed by atoms with E-state index < -0.39 is 7.05 Å². The number of esters is 1. The van der Waals surface area contributed by atoms with Gasteiger partial charge in [-0.1, -0.05) is 18.2 Å². The maximum Gasteiger partial charge on any atom is 0.376 e. The zero-order valence-corrected chi connectivity index (χ0v) is 11.7. The van der Waals surface area contributed by atoms with Crippen molar-refractivity contribution in [3.8, 4) is 0 Å². The van der Waals surface area contributed by atoms with E-state index >= 15 is 0 Å². The number of carbonyl (C=O) groups is 1. The minimum absolute atomic E-state index is 0.0183. The van der Waals surface area contributed by atoms with Gasteiger partial charge >= 0.3 is 13.0 Å². The molecule has 0 amide bonds. The molecule has 1 aromatic rings. The van der Waals surface area contributed by atoms with E-state index in [1.807, 2.05) is 25.0 Å². The van der Waals surface area contributed by atoms with Gasteiger partial charge in [0.25, 0.3) is 0 Å². The summed E-state index contributed by atoms with van der Waals surface area (Å²) in [5.41, 5.74) is 0.609. The smallest absolute Gasteiger partial charge is 0.376 e. The van der Waals surface area contributed by atoms with Gasteiger partial charge < -0.3 is 14.6 Å². The van der Waals surface area contributed by atoms with Crippen LogP contribution in [0.15, 0.2) is 30.3 Å². The van der Waals surface area contributed by atoms with Gasteiger partial charge in [-0.25, -0.2) is 4.79 Å². The van der Waals surface area contributed by atoms with Gasteiger partial charge in [0.15, 0.2) is 0 Å². The lowest BCUT2D eigenvalue weighted by Gasteiger charge is -2.39. The van der Waals surface area contributed by atoms with Crippen molar-refractivity contribution in [2.24, 2.45) is 0 Å². The van der Waals surface area contributed by atoms with Crippen molar-refractivity contribution in [2.45, 2.75) is 50.7 Å². The van der Waals surface area contributed by atoms with Crippen molar-refractivity contribution in [3.05, 3.63) is 35.9 Å². The van der Waals surface area contributed by atoms with Crippen LogP contribution in [0.25, 0.3) is 0 Å². The SMILES string of the molecule is CB(O)N1[C@@H]2CC[C@H]1CC(OC(=O)c1ccccc1)C2. The van der Waals surface area contributed by atoms with E-state index in [2.05, 4.69) is 4.81 Å². The lowest BCUT2D eigenvalue weighted by atomic mass is 9.79. The van der Waals surface area contributed by atoms with Crippen LogP contribution in [-0.2, 0) is 4.74 Å². The van der Waals surface area contributed by atoms with Crippen LogP contribution in [0.4, 0.5) is 0 Å². The summed E-state index contributed by atoms with van der Waals surface area (Å²) in [6, 6.07) is 9.83. The fourth-order valence-corrected chi connectivity index (χ4v) is 3.66. The Hall–Kier alpha value is -1.33. The van der Waals surface area contributed by atoms with Crippen LogP contribution in [0.1, 0.15) is 36.0 Å². The molecule has 106 valence electrons. The van der Waals surface area contributed by atoms with Gasteiger partial charge in [0.05, 0.1) is 5.56 Å². The zero-order chi connectivity index (χ0) is 14.1. The highest BCUT2D eigenvalue weighted by atomic mass is 16.5. The Bertz CT molecular complexity index is 465. The highest BCUT2D eigenvalue weighted by Gasteiger charge is 2.44. The van der Waals surface area contributed by atoms with E-state index in [1.165, 1.54) is 0 Å². The van der Waals surface area contributed by atoms with E-state index in [-0.39, 0.29) is 12.1 Å². The molecule has 1 N–H and O–H groups in total. The predicted octanol–water partition coefficient (Wildman–Crippen LogP) is 1.95. The maximum absolute atomic E-state index is 12.1. The largest absolute Gasteiger partial charge is 0.459 e. The average Bonchev–Trinajstić information content (AvgIpc) is 2.72. The van der Waals surface area contributed by atoms with Crippen molar-refractivity contribution >= 4 is 13.0 Å². The fourth-order valence-electron chi connectivity index (χ4n) is 3.66. The molecule has 0 aliphatic carbocycles. The minimum Gasteiger partial charge on any atom is -0.459 e. The molecule has 0 spiro atoms. The van der Waals surface area contributed by atoms with Crippen LogP contribution in [0.5, 0.6) is 0 Å². The fraction of sp³-hybridized carbons (Fsp3) is 0.533. The van der Waals surface area contributed by atoms with E-state index in [1.54, 1.807) is 12.1 Å². The van der Waals surface area contributed by atoms with E-state index in [4.69, 9.17) is 4.74 Å². The first-order valence-corrected chi connectivity index (χ1v) is 7.36. The van der Waals surface area contributed by atoms with Crippen LogP contribution < -0.4 is 0 Å². The third kappa shape index (κ3) is 2.60. The Kier molecular flexibility index (Phi) is 3.81. The van der Waals surface area contributed by atoms with Crippen LogP contribution in [0.3, 0.4) is 0 Å². The summed E-state index contributed by atoms with van der Waals surface area (Å²) in [7, 11) is -0.404. The van der Waals surface area contributed by atoms with Crippen molar-refractivity contribution in [3.63, 3.8) is 0 Å². The standard InChI is InChI=1S/C15H20BNO3/c1-16(19)17-12-7-8-13(17)10-14(9-12)20-15(18)11-5-3-2-4-6-11/h2-6,12-14,19H,7-10H2,1H3/t12-,13+,14?. The molecule has 3 atom stereocenters. The van der Waals surface area contributed by atoms with Gasteiger partial charge in [0.2, 0.25) is 0 Å². The number of ether oxygens (including phenoxy) is 1. The number of benzene rings is 1. The molecule has 0 saturated carbocycles. The molecule has 0 aromatic heterocycles. The Balaban J connectivity index is 1.63. The molecule has 1 aromatic carbocycles. The third-order valence-corrected chi connectivity index (χ3v) is 4.46.